The summed E-state index contributed by atoms with van der Waals surface area (Å²) in [5.41, 5.74) is 1.43. The number of carbonyl (C=O) groups is 2. The van der Waals surface area contributed by atoms with E-state index in [0.717, 1.165) is 31.0 Å². The number of rotatable bonds is 4. The first-order valence-corrected chi connectivity index (χ1v) is 6.68. The smallest absolute Gasteiger partial charge is 0.328 e. The van der Waals surface area contributed by atoms with Crippen LogP contribution in [-0.2, 0) is 9.59 Å². The molecule has 3 N–H and O–H groups in total. The van der Waals surface area contributed by atoms with Crippen LogP contribution in [0.3, 0.4) is 0 Å². The second kappa shape index (κ2) is 6.86. The number of piperidine rings is 1. The summed E-state index contributed by atoms with van der Waals surface area (Å²) in [6, 6.07) is 7.13. The minimum atomic E-state index is -0.993. The number of aliphatic carboxylic acids is 1. The second-order valence-corrected chi connectivity index (χ2v) is 4.83. The molecule has 1 aromatic carbocycles. The first kappa shape index (κ1) is 14.3. The fraction of sp³-hybridized carbons (Fsp3) is 0.333. The zero-order valence-corrected chi connectivity index (χ0v) is 11.1. The second-order valence-electron chi connectivity index (χ2n) is 4.83. The summed E-state index contributed by atoms with van der Waals surface area (Å²) in [5.74, 6) is -0.980. The number of hydrogen-bond acceptors (Lipinski definition) is 3. The minimum absolute atomic E-state index is 0.00182. The van der Waals surface area contributed by atoms with Crippen molar-refractivity contribution < 1.29 is 14.7 Å². The lowest BCUT2D eigenvalue weighted by atomic mass is 9.99. The van der Waals surface area contributed by atoms with Crippen molar-refractivity contribution in [2.45, 2.75) is 12.8 Å². The van der Waals surface area contributed by atoms with Gasteiger partial charge in [-0.2, -0.15) is 0 Å². The predicted molar refractivity (Wildman–Crippen MR) is 77.3 cm³/mol. The molecule has 1 saturated heterocycles. The average Bonchev–Trinajstić information content (AvgIpc) is 2.46. The van der Waals surface area contributed by atoms with Crippen molar-refractivity contribution in [1.29, 1.82) is 0 Å². The van der Waals surface area contributed by atoms with E-state index < -0.39 is 5.97 Å². The van der Waals surface area contributed by atoms with E-state index in [-0.39, 0.29) is 11.8 Å². The van der Waals surface area contributed by atoms with Gasteiger partial charge in [0, 0.05) is 18.3 Å². The van der Waals surface area contributed by atoms with Gasteiger partial charge in [0.2, 0.25) is 5.91 Å². The standard InChI is InChI=1S/C15H18N2O3/c18-14(19)7-6-11-3-1-5-13(9-11)17-15(20)12-4-2-8-16-10-12/h1,3,5-7,9,12,16H,2,4,8,10H2,(H,17,20)(H,18,19)/b7-6+/t12-/m0/s1. The molecule has 0 aliphatic carbocycles. The highest BCUT2D eigenvalue weighted by molar-refractivity contribution is 5.93. The third-order valence-corrected chi connectivity index (χ3v) is 3.24. The van der Waals surface area contributed by atoms with Gasteiger partial charge in [0.15, 0.2) is 0 Å². The van der Waals surface area contributed by atoms with Crippen molar-refractivity contribution in [3.63, 3.8) is 0 Å². The number of anilines is 1. The van der Waals surface area contributed by atoms with E-state index in [9.17, 15) is 9.59 Å². The molecule has 1 aliphatic rings. The Bertz CT molecular complexity index is 520. The lowest BCUT2D eigenvalue weighted by molar-refractivity contribution is -0.131. The van der Waals surface area contributed by atoms with E-state index in [1.165, 1.54) is 6.08 Å². The summed E-state index contributed by atoms with van der Waals surface area (Å²) in [6.45, 7) is 1.68. The van der Waals surface area contributed by atoms with Crippen LogP contribution in [-0.4, -0.2) is 30.1 Å². The van der Waals surface area contributed by atoms with Gasteiger partial charge in [-0.3, -0.25) is 4.79 Å². The zero-order chi connectivity index (χ0) is 14.4. The molecule has 2 rings (SSSR count). The molecular formula is C15H18N2O3. The molecule has 1 heterocycles. The molecule has 0 bridgehead atoms. The van der Waals surface area contributed by atoms with E-state index in [0.29, 0.717) is 12.2 Å². The number of carbonyl (C=O) groups excluding carboxylic acids is 1. The average molecular weight is 274 g/mol. The number of hydrogen-bond donors (Lipinski definition) is 3. The lowest BCUT2D eigenvalue weighted by Gasteiger charge is -2.21. The van der Waals surface area contributed by atoms with Gasteiger partial charge in [-0.05, 0) is 43.2 Å². The molecule has 0 aromatic heterocycles. The third kappa shape index (κ3) is 4.20. The molecule has 0 radical (unpaired) electrons. The van der Waals surface area contributed by atoms with Gasteiger partial charge in [-0.1, -0.05) is 12.1 Å². The maximum atomic E-state index is 12.1. The van der Waals surface area contributed by atoms with E-state index in [1.807, 2.05) is 0 Å². The van der Waals surface area contributed by atoms with E-state index in [2.05, 4.69) is 10.6 Å². The van der Waals surface area contributed by atoms with Crippen LogP contribution in [0.1, 0.15) is 18.4 Å². The Morgan fingerprint density at radius 2 is 2.25 bits per heavy atom. The van der Waals surface area contributed by atoms with Crippen molar-refractivity contribution in [2.75, 3.05) is 18.4 Å². The molecule has 0 spiro atoms. The van der Waals surface area contributed by atoms with Gasteiger partial charge in [0.05, 0.1) is 5.92 Å². The highest BCUT2D eigenvalue weighted by Gasteiger charge is 2.20. The normalized spacial score (nSPS) is 18.9. The molecule has 1 aromatic rings. The van der Waals surface area contributed by atoms with E-state index >= 15 is 0 Å². The molecule has 0 unspecified atom stereocenters. The molecule has 20 heavy (non-hydrogen) atoms. The summed E-state index contributed by atoms with van der Waals surface area (Å²) in [7, 11) is 0. The van der Waals surface area contributed by atoms with Crippen LogP contribution >= 0.6 is 0 Å². The fourth-order valence-electron chi connectivity index (χ4n) is 2.21. The van der Waals surface area contributed by atoms with Crippen molar-refractivity contribution in [3.8, 4) is 0 Å². The number of amides is 1. The molecule has 1 atom stereocenters. The highest BCUT2D eigenvalue weighted by Crippen LogP contribution is 2.16. The molecule has 0 saturated carbocycles. The van der Waals surface area contributed by atoms with Crippen molar-refractivity contribution in [2.24, 2.45) is 5.92 Å². The van der Waals surface area contributed by atoms with Crippen LogP contribution in [0.2, 0.25) is 0 Å². The van der Waals surface area contributed by atoms with E-state index in [1.54, 1.807) is 24.3 Å². The number of nitrogens with one attached hydrogen (secondary N) is 2. The lowest BCUT2D eigenvalue weighted by Crippen LogP contribution is -2.37. The fourth-order valence-corrected chi connectivity index (χ4v) is 2.21. The van der Waals surface area contributed by atoms with Gasteiger partial charge in [-0.25, -0.2) is 4.79 Å². The number of carboxylic acid groups (broad SMARTS) is 1. The molecule has 106 valence electrons. The van der Waals surface area contributed by atoms with Crippen LogP contribution < -0.4 is 10.6 Å². The van der Waals surface area contributed by atoms with Crippen LogP contribution in [0.4, 0.5) is 5.69 Å². The van der Waals surface area contributed by atoms with Gasteiger partial charge >= 0.3 is 5.97 Å². The van der Waals surface area contributed by atoms with Gasteiger partial charge < -0.3 is 15.7 Å². The Balaban J connectivity index is 2.00. The topological polar surface area (TPSA) is 78.4 Å². The molecule has 5 heteroatoms. The molecular weight excluding hydrogens is 256 g/mol. The maximum absolute atomic E-state index is 12.1. The van der Waals surface area contributed by atoms with Gasteiger partial charge in [0.1, 0.15) is 0 Å². The monoisotopic (exact) mass is 274 g/mol. The number of carboxylic acids is 1. The summed E-state index contributed by atoms with van der Waals surface area (Å²) in [5, 5.41) is 14.7. The first-order chi connectivity index (χ1) is 9.65. The largest absolute Gasteiger partial charge is 0.478 e. The summed E-state index contributed by atoms with van der Waals surface area (Å²) >= 11 is 0. The summed E-state index contributed by atoms with van der Waals surface area (Å²) in [4.78, 5) is 22.6. The molecule has 1 fully saturated rings. The maximum Gasteiger partial charge on any atom is 0.328 e. The SMILES string of the molecule is O=C(O)/C=C/c1cccc(NC(=O)[C@H]2CCCNC2)c1. The zero-order valence-electron chi connectivity index (χ0n) is 11.1. The molecule has 5 nitrogen and oxygen atoms in total. The Hall–Kier alpha value is -2.14. The van der Waals surface area contributed by atoms with Gasteiger partial charge in [0.25, 0.3) is 0 Å². The van der Waals surface area contributed by atoms with Crippen molar-refractivity contribution >= 4 is 23.6 Å². The van der Waals surface area contributed by atoms with Crippen molar-refractivity contribution in [3.05, 3.63) is 35.9 Å². The molecule has 1 amide bonds. The Morgan fingerprint density at radius 1 is 1.40 bits per heavy atom. The van der Waals surface area contributed by atoms with Crippen LogP contribution in [0.15, 0.2) is 30.3 Å². The first-order valence-electron chi connectivity index (χ1n) is 6.68. The summed E-state index contributed by atoms with van der Waals surface area (Å²) in [6.07, 6.45) is 4.49. The van der Waals surface area contributed by atoms with Crippen LogP contribution in [0.25, 0.3) is 6.08 Å². The van der Waals surface area contributed by atoms with Crippen molar-refractivity contribution in [1.82, 2.24) is 5.32 Å². The Morgan fingerprint density at radius 3 is 2.95 bits per heavy atom. The quantitative estimate of drug-likeness (QED) is 0.731. The van der Waals surface area contributed by atoms with Crippen LogP contribution in [0, 0.1) is 5.92 Å². The predicted octanol–water partition coefficient (Wildman–Crippen LogP) is 1.72. The highest BCUT2D eigenvalue weighted by atomic mass is 16.4. The van der Waals surface area contributed by atoms with Gasteiger partial charge in [-0.15, -0.1) is 0 Å². The minimum Gasteiger partial charge on any atom is -0.478 e. The third-order valence-electron chi connectivity index (χ3n) is 3.24. The molecule has 1 aliphatic heterocycles. The number of benzene rings is 1. The van der Waals surface area contributed by atoms with Crippen LogP contribution in [0.5, 0.6) is 0 Å². The summed E-state index contributed by atoms with van der Waals surface area (Å²) < 4.78 is 0. The Labute approximate surface area is 117 Å². The van der Waals surface area contributed by atoms with E-state index in [4.69, 9.17) is 5.11 Å². The Kier molecular flexibility index (Phi) is 4.90.